The van der Waals surface area contributed by atoms with Crippen molar-refractivity contribution in [3.05, 3.63) is 48.3 Å². The molecule has 0 bridgehead atoms. The maximum absolute atomic E-state index is 9.37. The van der Waals surface area contributed by atoms with Crippen LogP contribution in [0.4, 0.5) is 0 Å². The number of nitrogens with zero attached hydrogens (tertiary/aromatic N) is 2. The van der Waals surface area contributed by atoms with E-state index in [2.05, 4.69) is 46.3 Å². The average Bonchev–Trinajstić information content (AvgIpc) is 3.12. The lowest BCUT2D eigenvalue weighted by Gasteiger charge is -2.21. The van der Waals surface area contributed by atoms with Gasteiger partial charge in [-0.05, 0) is 12.0 Å². The van der Waals surface area contributed by atoms with Crippen molar-refractivity contribution in [2.24, 2.45) is 0 Å². The van der Waals surface area contributed by atoms with Crippen LogP contribution in [0.1, 0.15) is 25.8 Å². The lowest BCUT2D eigenvalue weighted by atomic mass is 10.2. The zero-order valence-corrected chi connectivity index (χ0v) is 13.8. The van der Waals surface area contributed by atoms with Gasteiger partial charge < -0.3 is 15.3 Å². The molecule has 1 aromatic carbocycles. The summed E-state index contributed by atoms with van der Waals surface area (Å²) in [4.78, 5) is 4.29. The van der Waals surface area contributed by atoms with Crippen molar-refractivity contribution in [2.75, 3.05) is 26.5 Å². The first kappa shape index (κ1) is 20.0. The fraction of sp³-hybridized carbons (Fsp3) is 0.444. The standard InChI is InChI=1S/C14H21N3O.C2H6.C2H2/c18-13-17(11-14-5-2-1-3-6-14)9-4-8-16-10-7-15-12-16;2*1-2/h1-3,5-7,10,15,18H,4,8-9,11-13H2;1-2H3;1-2H. The number of rotatable bonds is 7. The topological polar surface area (TPSA) is 38.7 Å². The largest absolute Gasteiger partial charge is 0.381 e. The Hall–Kier alpha value is -1.96. The summed E-state index contributed by atoms with van der Waals surface area (Å²) in [7, 11) is 0. The zero-order chi connectivity index (χ0) is 16.6. The third kappa shape index (κ3) is 8.35. The Morgan fingerprint density at radius 3 is 2.45 bits per heavy atom. The van der Waals surface area contributed by atoms with Crippen molar-refractivity contribution in [1.82, 2.24) is 15.1 Å². The molecule has 0 radical (unpaired) electrons. The fourth-order valence-corrected chi connectivity index (χ4v) is 2.07. The summed E-state index contributed by atoms with van der Waals surface area (Å²) in [6.45, 7) is 7.76. The zero-order valence-electron chi connectivity index (χ0n) is 13.8. The van der Waals surface area contributed by atoms with E-state index in [0.717, 1.165) is 32.7 Å². The van der Waals surface area contributed by atoms with Gasteiger partial charge in [0.2, 0.25) is 0 Å². The van der Waals surface area contributed by atoms with E-state index >= 15 is 0 Å². The molecule has 0 aromatic heterocycles. The molecule has 2 rings (SSSR count). The minimum Gasteiger partial charge on any atom is -0.381 e. The molecular weight excluding hydrogens is 274 g/mol. The Bertz CT molecular complexity index is 403. The smallest absolute Gasteiger partial charge is 0.0959 e. The quantitative estimate of drug-likeness (QED) is 0.599. The van der Waals surface area contributed by atoms with Gasteiger partial charge in [-0.1, -0.05) is 44.2 Å². The van der Waals surface area contributed by atoms with E-state index in [0.29, 0.717) is 0 Å². The van der Waals surface area contributed by atoms with E-state index < -0.39 is 0 Å². The van der Waals surface area contributed by atoms with Crippen LogP contribution in [0.2, 0.25) is 0 Å². The highest BCUT2D eigenvalue weighted by atomic mass is 16.3. The second-order valence-electron chi connectivity index (χ2n) is 4.52. The molecule has 0 fully saturated rings. The van der Waals surface area contributed by atoms with Crippen LogP contribution in [0.25, 0.3) is 0 Å². The number of terminal acetylenes is 1. The van der Waals surface area contributed by atoms with Gasteiger partial charge in [-0.15, -0.1) is 12.8 Å². The van der Waals surface area contributed by atoms with E-state index in [-0.39, 0.29) is 6.73 Å². The third-order valence-corrected chi connectivity index (χ3v) is 3.07. The first-order chi connectivity index (χ1) is 10.9. The van der Waals surface area contributed by atoms with E-state index in [1.165, 1.54) is 5.56 Å². The number of hydrogen-bond donors (Lipinski definition) is 2. The Labute approximate surface area is 135 Å². The highest BCUT2D eigenvalue weighted by Gasteiger charge is 2.06. The summed E-state index contributed by atoms with van der Waals surface area (Å²) in [5.41, 5.74) is 1.24. The minimum absolute atomic E-state index is 0.114. The van der Waals surface area contributed by atoms with Crippen molar-refractivity contribution in [2.45, 2.75) is 26.8 Å². The van der Waals surface area contributed by atoms with Crippen molar-refractivity contribution in [3.63, 3.8) is 0 Å². The van der Waals surface area contributed by atoms with Gasteiger partial charge in [-0.25, -0.2) is 0 Å². The molecule has 1 heterocycles. The van der Waals surface area contributed by atoms with Crippen LogP contribution in [0.5, 0.6) is 0 Å². The predicted molar refractivity (Wildman–Crippen MR) is 93.6 cm³/mol. The third-order valence-electron chi connectivity index (χ3n) is 3.07. The SMILES string of the molecule is C#C.CC.OCN(CCCN1C=CNC1)Cc1ccccc1. The van der Waals surface area contributed by atoms with Gasteiger partial charge in [0.25, 0.3) is 0 Å². The van der Waals surface area contributed by atoms with Gasteiger partial charge in [0.1, 0.15) is 0 Å². The number of aliphatic hydroxyl groups is 1. The highest BCUT2D eigenvalue weighted by Crippen LogP contribution is 2.05. The van der Waals surface area contributed by atoms with E-state index in [4.69, 9.17) is 0 Å². The Morgan fingerprint density at radius 2 is 1.91 bits per heavy atom. The normalized spacial score (nSPS) is 12.0. The first-order valence-corrected chi connectivity index (χ1v) is 7.73. The van der Waals surface area contributed by atoms with Crippen molar-refractivity contribution < 1.29 is 5.11 Å². The molecule has 122 valence electrons. The summed E-state index contributed by atoms with van der Waals surface area (Å²) in [6.07, 6.45) is 13.1. The van der Waals surface area contributed by atoms with Crippen LogP contribution in [0, 0.1) is 12.8 Å². The summed E-state index contributed by atoms with van der Waals surface area (Å²) in [5, 5.41) is 12.5. The van der Waals surface area contributed by atoms with Gasteiger partial charge in [0.15, 0.2) is 0 Å². The molecule has 22 heavy (non-hydrogen) atoms. The first-order valence-electron chi connectivity index (χ1n) is 7.73. The molecule has 1 aliphatic rings. The number of benzene rings is 1. The maximum atomic E-state index is 9.37. The van der Waals surface area contributed by atoms with Gasteiger partial charge in [-0.3, -0.25) is 4.90 Å². The van der Waals surface area contributed by atoms with Crippen LogP contribution in [0.15, 0.2) is 42.7 Å². The Morgan fingerprint density at radius 1 is 1.23 bits per heavy atom. The highest BCUT2D eigenvalue weighted by molar-refractivity contribution is 5.14. The number of nitrogens with one attached hydrogen (secondary N) is 1. The van der Waals surface area contributed by atoms with Gasteiger partial charge in [0, 0.05) is 32.0 Å². The number of hydrogen-bond acceptors (Lipinski definition) is 4. The average molecular weight is 303 g/mol. The minimum atomic E-state index is 0.114. The molecule has 4 heteroatoms. The Kier molecular flexibility index (Phi) is 12.8. The van der Waals surface area contributed by atoms with Crippen LogP contribution in [0.3, 0.4) is 0 Å². The molecule has 0 amide bonds. The van der Waals surface area contributed by atoms with Crippen molar-refractivity contribution in [3.8, 4) is 12.8 Å². The monoisotopic (exact) mass is 303 g/mol. The van der Waals surface area contributed by atoms with E-state index in [9.17, 15) is 5.11 Å². The second-order valence-corrected chi connectivity index (χ2v) is 4.52. The van der Waals surface area contributed by atoms with Gasteiger partial charge >= 0.3 is 0 Å². The van der Waals surface area contributed by atoms with Crippen molar-refractivity contribution >= 4 is 0 Å². The molecule has 2 N–H and O–H groups in total. The van der Waals surface area contributed by atoms with Crippen LogP contribution < -0.4 is 5.32 Å². The second kappa shape index (κ2) is 14.0. The Balaban J connectivity index is 0.00000102. The summed E-state index contributed by atoms with van der Waals surface area (Å²) < 4.78 is 0. The molecule has 0 spiro atoms. The van der Waals surface area contributed by atoms with Crippen LogP contribution >= 0.6 is 0 Å². The maximum Gasteiger partial charge on any atom is 0.0959 e. The molecule has 0 atom stereocenters. The van der Waals surface area contributed by atoms with E-state index in [1.807, 2.05) is 38.2 Å². The summed E-state index contributed by atoms with van der Waals surface area (Å²) >= 11 is 0. The van der Waals surface area contributed by atoms with E-state index in [1.54, 1.807) is 0 Å². The molecular formula is C18H29N3O. The predicted octanol–water partition coefficient (Wildman–Crippen LogP) is 2.44. The van der Waals surface area contributed by atoms with Gasteiger partial charge in [-0.2, -0.15) is 0 Å². The molecule has 0 saturated carbocycles. The lowest BCUT2D eigenvalue weighted by molar-refractivity contribution is 0.0972. The summed E-state index contributed by atoms with van der Waals surface area (Å²) in [5.74, 6) is 0. The molecule has 1 aliphatic heterocycles. The van der Waals surface area contributed by atoms with Gasteiger partial charge in [0.05, 0.1) is 13.4 Å². The molecule has 0 saturated heterocycles. The molecule has 0 unspecified atom stereocenters. The van der Waals surface area contributed by atoms with Crippen LogP contribution in [-0.4, -0.2) is 41.4 Å². The molecule has 1 aromatic rings. The number of aliphatic hydroxyl groups excluding tert-OH is 1. The summed E-state index contributed by atoms with van der Waals surface area (Å²) in [6, 6.07) is 10.3. The van der Waals surface area contributed by atoms with Crippen molar-refractivity contribution in [1.29, 1.82) is 0 Å². The molecule has 0 aliphatic carbocycles. The molecule has 4 nitrogen and oxygen atoms in total. The van der Waals surface area contributed by atoms with Crippen LogP contribution in [-0.2, 0) is 6.54 Å². The fourth-order valence-electron chi connectivity index (χ4n) is 2.07. The lowest BCUT2D eigenvalue weighted by Crippen LogP contribution is -2.29.